The minimum Gasteiger partial charge on any atom is -0.508 e. The fourth-order valence-corrected chi connectivity index (χ4v) is 2.58. The molecule has 1 atom stereocenters. The summed E-state index contributed by atoms with van der Waals surface area (Å²) in [6.07, 6.45) is 2.30. The van der Waals surface area contributed by atoms with Gasteiger partial charge < -0.3 is 5.11 Å². The summed E-state index contributed by atoms with van der Waals surface area (Å²) in [5, 5.41) is 11.7. The Kier molecular flexibility index (Phi) is 2.60. The zero-order chi connectivity index (χ0) is 12.7. The monoisotopic (exact) mass is 239 g/mol. The van der Waals surface area contributed by atoms with E-state index in [0.717, 1.165) is 11.9 Å². The fourth-order valence-electron chi connectivity index (χ4n) is 2.58. The molecule has 1 aliphatic heterocycles. The second-order valence-electron chi connectivity index (χ2n) is 5.02. The van der Waals surface area contributed by atoms with Crippen molar-refractivity contribution in [2.45, 2.75) is 13.0 Å². The van der Waals surface area contributed by atoms with Crippen LogP contribution in [0.2, 0.25) is 0 Å². The van der Waals surface area contributed by atoms with Gasteiger partial charge in [-0.3, -0.25) is 4.90 Å². The van der Waals surface area contributed by atoms with Crippen LogP contribution >= 0.6 is 0 Å². The van der Waals surface area contributed by atoms with E-state index < -0.39 is 0 Å². The quantitative estimate of drug-likeness (QED) is 0.825. The lowest BCUT2D eigenvalue weighted by molar-refractivity contribution is 0.357. The van der Waals surface area contributed by atoms with Crippen LogP contribution in [0.4, 0.5) is 0 Å². The Morgan fingerprint density at radius 2 is 1.83 bits per heavy atom. The van der Waals surface area contributed by atoms with Crippen LogP contribution in [0.1, 0.15) is 12.5 Å². The summed E-state index contributed by atoms with van der Waals surface area (Å²) in [6, 6.07) is 12.4. The number of hydrogen-bond donors (Lipinski definition) is 1. The molecule has 1 heterocycles. The first-order valence-corrected chi connectivity index (χ1v) is 6.28. The summed E-state index contributed by atoms with van der Waals surface area (Å²) in [6.45, 7) is 3.25. The largest absolute Gasteiger partial charge is 0.508 e. The van der Waals surface area contributed by atoms with Crippen molar-refractivity contribution < 1.29 is 5.11 Å². The number of likely N-dealkylation sites (N-methyl/N-ethyl adjacent to an activating group) is 1. The molecule has 92 valence electrons. The Labute approximate surface area is 107 Å². The van der Waals surface area contributed by atoms with Crippen LogP contribution in [0.15, 0.2) is 42.5 Å². The van der Waals surface area contributed by atoms with Crippen LogP contribution in [0.3, 0.4) is 0 Å². The molecular formula is C16H17NO. The molecule has 0 saturated carbocycles. The minimum absolute atomic E-state index is 0.323. The van der Waals surface area contributed by atoms with E-state index in [1.54, 1.807) is 12.1 Å². The lowest BCUT2D eigenvalue weighted by Crippen LogP contribution is -2.24. The Morgan fingerprint density at radius 3 is 2.56 bits per heavy atom. The number of aromatic hydroxyl groups is 1. The van der Waals surface area contributed by atoms with Gasteiger partial charge in [-0.15, -0.1) is 0 Å². The predicted octanol–water partition coefficient (Wildman–Crippen LogP) is 3.26. The first kappa shape index (κ1) is 11.3. The zero-order valence-electron chi connectivity index (χ0n) is 10.7. The van der Waals surface area contributed by atoms with Gasteiger partial charge in [-0.05, 0) is 54.1 Å². The molecule has 2 aromatic carbocycles. The van der Waals surface area contributed by atoms with Crippen LogP contribution in [-0.2, 0) is 0 Å². The number of rotatable bonds is 1. The SMILES string of the molecule is C[C@@H]1C(c2ccc3cc(O)ccc3c2)=CCN1C. The van der Waals surface area contributed by atoms with E-state index in [9.17, 15) is 5.11 Å². The maximum absolute atomic E-state index is 9.47. The van der Waals surface area contributed by atoms with Crippen molar-refractivity contribution in [1.29, 1.82) is 0 Å². The highest BCUT2D eigenvalue weighted by atomic mass is 16.3. The van der Waals surface area contributed by atoms with Gasteiger partial charge in [-0.1, -0.05) is 24.3 Å². The maximum atomic E-state index is 9.47. The first-order valence-electron chi connectivity index (χ1n) is 6.28. The van der Waals surface area contributed by atoms with E-state index in [2.05, 4.69) is 43.1 Å². The molecule has 0 bridgehead atoms. The smallest absolute Gasteiger partial charge is 0.116 e. The third-order valence-electron chi connectivity index (χ3n) is 3.87. The Bertz CT molecular complexity index is 630. The summed E-state index contributed by atoms with van der Waals surface area (Å²) < 4.78 is 0. The van der Waals surface area contributed by atoms with Gasteiger partial charge in [0.1, 0.15) is 5.75 Å². The highest BCUT2D eigenvalue weighted by Gasteiger charge is 2.20. The van der Waals surface area contributed by atoms with E-state index in [4.69, 9.17) is 0 Å². The molecule has 0 unspecified atom stereocenters. The molecule has 2 aromatic rings. The number of phenols is 1. The summed E-state index contributed by atoms with van der Waals surface area (Å²) in [5.74, 6) is 0.323. The van der Waals surface area contributed by atoms with E-state index in [-0.39, 0.29) is 0 Å². The van der Waals surface area contributed by atoms with E-state index in [1.807, 2.05) is 6.07 Å². The molecule has 0 aliphatic carbocycles. The van der Waals surface area contributed by atoms with Gasteiger partial charge in [-0.25, -0.2) is 0 Å². The second kappa shape index (κ2) is 4.14. The van der Waals surface area contributed by atoms with E-state index in [0.29, 0.717) is 11.8 Å². The van der Waals surface area contributed by atoms with Crippen LogP contribution < -0.4 is 0 Å². The number of phenolic OH excluding ortho intramolecular Hbond substituents is 1. The summed E-state index contributed by atoms with van der Waals surface area (Å²) >= 11 is 0. The van der Waals surface area contributed by atoms with Crippen molar-refractivity contribution in [2.24, 2.45) is 0 Å². The fraction of sp³-hybridized carbons (Fsp3) is 0.250. The molecule has 0 saturated heterocycles. The van der Waals surface area contributed by atoms with Gasteiger partial charge >= 0.3 is 0 Å². The number of hydrogen-bond acceptors (Lipinski definition) is 2. The average molecular weight is 239 g/mol. The van der Waals surface area contributed by atoms with Gasteiger partial charge in [0.05, 0.1) is 0 Å². The van der Waals surface area contributed by atoms with Gasteiger partial charge in [0.25, 0.3) is 0 Å². The van der Waals surface area contributed by atoms with Gasteiger partial charge in [0.15, 0.2) is 0 Å². The van der Waals surface area contributed by atoms with Crippen LogP contribution in [-0.4, -0.2) is 29.6 Å². The molecule has 0 fully saturated rings. The molecule has 0 aromatic heterocycles. The number of fused-ring (bicyclic) bond motifs is 1. The maximum Gasteiger partial charge on any atom is 0.116 e. The van der Waals surface area contributed by atoms with Gasteiger partial charge in [-0.2, -0.15) is 0 Å². The second-order valence-corrected chi connectivity index (χ2v) is 5.02. The Hall–Kier alpha value is -1.80. The third-order valence-corrected chi connectivity index (χ3v) is 3.87. The Balaban J connectivity index is 2.07. The van der Waals surface area contributed by atoms with E-state index >= 15 is 0 Å². The van der Waals surface area contributed by atoms with E-state index in [1.165, 1.54) is 16.5 Å². The molecular weight excluding hydrogens is 222 g/mol. The average Bonchev–Trinajstić information content (AvgIpc) is 2.69. The molecule has 2 heteroatoms. The minimum atomic E-state index is 0.323. The molecule has 0 radical (unpaired) electrons. The third kappa shape index (κ3) is 1.79. The van der Waals surface area contributed by atoms with Crippen LogP contribution in [0.5, 0.6) is 5.75 Å². The zero-order valence-corrected chi connectivity index (χ0v) is 10.7. The lowest BCUT2D eigenvalue weighted by Gasteiger charge is -2.18. The molecule has 1 aliphatic rings. The Morgan fingerprint density at radius 1 is 1.11 bits per heavy atom. The predicted molar refractivity (Wildman–Crippen MR) is 75.7 cm³/mol. The lowest BCUT2D eigenvalue weighted by atomic mass is 9.98. The van der Waals surface area contributed by atoms with Crippen molar-refractivity contribution in [3.05, 3.63) is 48.0 Å². The van der Waals surface area contributed by atoms with Crippen molar-refractivity contribution >= 4 is 16.3 Å². The van der Waals surface area contributed by atoms with Gasteiger partial charge in [0.2, 0.25) is 0 Å². The van der Waals surface area contributed by atoms with Crippen molar-refractivity contribution in [3.8, 4) is 5.75 Å². The van der Waals surface area contributed by atoms with Gasteiger partial charge in [0, 0.05) is 12.6 Å². The highest BCUT2D eigenvalue weighted by Crippen LogP contribution is 2.29. The summed E-state index contributed by atoms with van der Waals surface area (Å²) in [4.78, 5) is 2.33. The molecule has 2 nitrogen and oxygen atoms in total. The highest BCUT2D eigenvalue weighted by molar-refractivity contribution is 5.88. The molecule has 18 heavy (non-hydrogen) atoms. The van der Waals surface area contributed by atoms with Crippen molar-refractivity contribution in [3.63, 3.8) is 0 Å². The van der Waals surface area contributed by atoms with Crippen LogP contribution in [0.25, 0.3) is 16.3 Å². The van der Waals surface area contributed by atoms with Crippen LogP contribution in [0, 0.1) is 0 Å². The summed E-state index contributed by atoms with van der Waals surface area (Å²) in [5.41, 5.74) is 2.68. The molecule has 1 N–H and O–H groups in total. The molecule has 3 rings (SSSR count). The summed E-state index contributed by atoms with van der Waals surface area (Å²) in [7, 11) is 2.15. The normalized spacial score (nSPS) is 20.3. The molecule has 0 spiro atoms. The van der Waals surface area contributed by atoms with Crippen molar-refractivity contribution in [1.82, 2.24) is 4.90 Å². The standard InChI is InChI=1S/C16H17NO/c1-11-16(7-8-17(11)2)14-4-3-13-10-15(18)6-5-12(13)9-14/h3-7,9-11,18H,8H2,1-2H3/t11-/m1/s1. The topological polar surface area (TPSA) is 23.5 Å². The molecule has 0 amide bonds. The number of benzene rings is 2. The first-order chi connectivity index (χ1) is 8.65. The number of nitrogens with zero attached hydrogens (tertiary/aromatic N) is 1. The van der Waals surface area contributed by atoms with Crippen molar-refractivity contribution in [2.75, 3.05) is 13.6 Å².